The zero-order chi connectivity index (χ0) is 21.4. The summed E-state index contributed by atoms with van der Waals surface area (Å²) in [5.74, 6) is 1.55. The number of carbonyl (C=O) groups is 2. The standard InChI is InChI=1S/C25H28N2O4/c1-30-19-9-10-20-22(14-19)31-25(27-24(20)29)15-17-7-8-18(25)13-21(17)23(28)26-12-11-16-5-3-2-4-6-16/h2-6,9-10,14,17-18,21H,7-8,11-13,15H2,1H3,(H,26,28)(H,27,29)/t17-,18+,21+,25-/m1/s1. The van der Waals surface area contributed by atoms with Gasteiger partial charge in [0.05, 0.1) is 12.7 Å². The summed E-state index contributed by atoms with van der Waals surface area (Å²) in [4.78, 5) is 25.8. The van der Waals surface area contributed by atoms with Crippen molar-refractivity contribution in [2.24, 2.45) is 17.8 Å². The number of hydrogen-bond donors (Lipinski definition) is 2. The fraction of sp³-hybridized carbons (Fsp3) is 0.440. The third kappa shape index (κ3) is 3.64. The number of methoxy groups -OCH3 is 1. The summed E-state index contributed by atoms with van der Waals surface area (Å²) in [5, 5.41) is 6.28. The SMILES string of the molecule is COc1ccc2c(c1)O[C@@]1(C[C@H]3CC[C@H]1C[C@@H]3C(=O)NCCc1ccccc1)NC2=O. The van der Waals surface area contributed by atoms with Crippen molar-refractivity contribution in [1.29, 1.82) is 0 Å². The molecular formula is C25H28N2O4. The van der Waals surface area contributed by atoms with Crippen molar-refractivity contribution in [2.45, 2.75) is 37.8 Å². The Kier molecular flexibility index (Phi) is 5.08. The topological polar surface area (TPSA) is 76.7 Å². The zero-order valence-corrected chi connectivity index (χ0v) is 17.7. The summed E-state index contributed by atoms with van der Waals surface area (Å²) in [6.45, 7) is 0.641. The molecule has 4 atom stereocenters. The van der Waals surface area contributed by atoms with E-state index < -0.39 is 5.72 Å². The van der Waals surface area contributed by atoms with E-state index >= 15 is 0 Å². The maximum absolute atomic E-state index is 12.9. The molecule has 3 saturated carbocycles. The number of benzene rings is 2. The maximum Gasteiger partial charge on any atom is 0.258 e. The Morgan fingerprint density at radius 1 is 1.23 bits per heavy atom. The highest BCUT2D eigenvalue weighted by atomic mass is 16.5. The van der Waals surface area contributed by atoms with Crippen LogP contribution in [0.3, 0.4) is 0 Å². The largest absolute Gasteiger partial charge is 0.497 e. The van der Waals surface area contributed by atoms with Crippen LogP contribution in [0.4, 0.5) is 0 Å². The lowest BCUT2D eigenvalue weighted by Crippen LogP contribution is -2.67. The number of hydrogen-bond acceptors (Lipinski definition) is 4. The van der Waals surface area contributed by atoms with E-state index in [2.05, 4.69) is 22.8 Å². The van der Waals surface area contributed by atoms with Gasteiger partial charge in [-0.25, -0.2) is 0 Å². The van der Waals surface area contributed by atoms with Gasteiger partial charge < -0.3 is 20.1 Å². The monoisotopic (exact) mass is 420 g/mol. The lowest BCUT2D eigenvalue weighted by atomic mass is 9.60. The lowest BCUT2D eigenvalue weighted by molar-refractivity contribution is -0.146. The van der Waals surface area contributed by atoms with Gasteiger partial charge in [-0.15, -0.1) is 0 Å². The van der Waals surface area contributed by atoms with E-state index in [1.807, 2.05) is 18.2 Å². The Hall–Kier alpha value is -3.02. The highest BCUT2D eigenvalue weighted by Crippen LogP contribution is 2.52. The molecule has 2 N–H and O–H groups in total. The Morgan fingerprint density at radius 2 is 2.06 bits per heavy atom. The van der Waals surface area contributed by atoms with Gasteiger partial charge in [-0.3, -0.25) is 9.59 Å². The van der Waals surface area contributed by atoms with Crippen molar-refractivity contribution >= 4 is 11.8 Å². The van der Waals surface area contributed by atoms with Gasteiger partial charge in [0.15, 0.2) is 5.72 Å². The molecule has 6 heteroatoms. The van der Waals surface area contributed by atoms with Crippen LogP contribution in [0.25, 0.3) is 0 Å². The molecule has 1 heterocycles. The number of nitrogens with one attached hydrogen (secondary N) is 2. The molecule has 3 aliphatic carbocycles. The average Bonchev–Trinajstić information content (AvgIpc) is 2.79. The third-order valence-electron chi connectivity index (χ3n) is 7.16. The van der Waals surface area contributed by atoms with Gasteiger partial charge in [0, 0.05) is 30.9 Å². The molecule has 0 radical (unpaired) electrons. The molecule has 162 valence electrons. The highest BCUT2D eigenvalue weighted by molar-refractivity contribution is 5.98. The van der Waals surface area contributed by atoms with Crippen LogP contribution in [0.15, 0.2) is 48.5 Å². The molecular weight excluding hydrogens is 392 g/mol. The molecule has 6 rings (SSSR count). The molecule has 1 spiro atoms. The van der Waals surface area contributed by atoms with Crippen LogP contribution in [0, 0.1) is 17.8 Å². The van der Waals surface area contributed by atoms with Gasteiger partial charge in [-0.2, -0.15) is 0 Å². The second kappa shape index (κ2) is 7.91. The van der Waals surface area contributed by atoms with Gasteiger partial charge in [0.1, 0.15) is 11.5 Å². The number of fused-ring (bicyclic) bond motifs is 3. The number of carbonyl (C=O) groups excluding carboxylic acids is 2. The normalized spacial score (nSPS) is 28.4. The smallest absolute Gasteiger partial charge is 0.258 e. The summed E-state index contributed by atoms with van der Waals surface area (Å²) in [6.07, 6.45) is 4.18. The predicted molar refractivity (Wildman–Crippen MR) is 116 cm³/mol. The molecule has 0 unspecified atom stereocenters. The van der Waals surface area contributed by atoms with Crippen molar-refractivity contribution in [2.75, 3.05) is 13.7 Å². The Balaban J connectivity index is 1.26. The van der Waals surface area contributed by atoms with E-state index in [9.17, 15) is 9.59 Å². The van der Waals surface area contributed by atoms with E-state index in [1.165, 1.54) is 5.56 Å². The first-order valence-corrected chi connectivity index (χ1v) is 11.1. The van der Waals surface area contributed by atoms with Crippen molar-refractivity contribution < 1.29 is 19.1 Å². The van der Waals surface area contributed by atoms with E-state index in [0.29, 0.717) is 30.0 Å². The molecule has 6 nitrogen and oxygen atoms in total. The van der Waals surface area contributed by atoms with Crippen LogP contribution in [-0.4, -0.2) is 31.2 Å². The number of ether oxygens (including phenoxy) is 2. The van der Waals surface area contributed by atoms with Crippen LogP contribution in [-0.2, 0) is 11.2 Å². The molecule has 0 aromatic heterocycles. The zero-order valence-electron chi connectivity index (χ0n) is 17.7. The van der Waals surface area contributed by atoms with Crippen molar-refractivity contribution in [1.82, 2.24) is 10.6 Å². The summed E-state index contributed by atoms with van der Waals surface area (Å²) in [5.41, 5.74) is 1.03. The van der Waals surface area contributed by atoms with Crippen LogP contribution < -0.4 is 20.1 Å². The first-order chi connectivity index (χ1) is 15.1. The fourth-order valence-electron chi connectivity index (χ4n) is 5.55. The Morgan fingerprint density at radius 3 is 2.81 bits per heavy atom. The average molecular weight is 421 g/mol. The first kappa shape index (κ1) is 19.9. The maximum atomic E-state index is 12.9. The molecule has 3 fully saturated rings. The second-order valence-corrected chi connectivity index (χ2v) is 8.92. The van der Waals surface area contributed by atoms with E-state index in [0.717, 1.165) is 25.7 Å². The third-order valence-corrected chi connectivity index (χ3v) is 7.16. The van der Waals surface area contributed by atoms with Crippen LogP contribution in [0.1, 0.15) is 41.6 Å². The van der Waals surface area contributed by atoms with E-state index in [-0.39, 0.29) is 29.6 Å². The summed E-state index contributed by atoms with van der Waals surface area (Å²) < 4.78 is 11.7. The van der Waals surface area contributed by atoms with Gasteiger partial charge in [0.2, 0.25) is 5.91 Å². The number of rotatable bonds is 5. The highest BCUT2D eigenvalue weighted by Gasteiger charge is 2.57. The summed E-state index contributed by atoms with van der Waals surface area (Å²) in [6, 6.07) is 15.5. The van der Waals surface area contributed by atoms with Crippen LogP contribution in [0.2, 0.25) is 0 Å². The quantitative estimate of drug-likeness (QED) is 0.778. The van der Waals surface area contributed by atoms with Gasteiger partial charge in [0.25, 0.3) is 5.91 Å². The first-order valence-electron chi connectivity index (χ1n) is 11.1. The second-order valence-electron chi connectivity index (χ2n) is 8.92. The molecule has 2 aromatic rings. The Labute approximate surface area is 182 Å². The number of amides is 2. The predicted octanol–water partition coefficient (Wildman–Crippen LogP) is 3.31. The van der Waals surface area contributed by atoms with Crippen molar-refractivity contribution in [3.63, 3.8) is 0 Å². The van der Waals surface area contributed by atoms with Crippen molar-refractivity contribution in [3.8, 4) is 11.5 Å². The molecule has 4 aliphatic rings. The van der Waals surface area contributed by atoms with Gasteiger partial charge in [-0.1, -0.05) is 30.3 Å². The van der Waals surface area contributed by atoms with Crippen LogP contribution in [0.5, 0.6) is 11.5 Å². The molecule has 1 aliphatic heterocycles. The fourth-order valence-corrected chi connectivity index (χ4v) is 5.55. The molecule has 2 aromatic carbocycles. The molecule has 2 amide bonds. The summed E-state index contributed by atoms with van der Waals surface area (Å²) >= 11 is 0. The van der Waals surface area contributed by atoms with E-state index in [1.54, 1.807) is 25.3 Å². The minimum atomic E-state index is -0.722. The minimum Gasteiger partial charge on any atom is -0.497 e. The van der Waals surface area contributed by atoms with Gasteiger partial charge in [-0.05, 0) is 49.3 Å². The lowest BCUT2D eigenvalue weighted by Gasteiger charge is -2.55. The van der Waals surface area contributed by atoms with Gasteiger partial charge >= 0.3 is 0 Å². The molecule has 2 bridgehead atoms. The van der Waals surface area contributed by atoms with Crippen LogP contribution >= 0.6 is 0 Å². The Bertz CT molecular complexity index is 992. The summed E-state index contributed by atoms with van der Waals surface area (Å²) in [7, 11) is 1.60. The minimum absolute atomic E-state index is 0.0210. The molecule has 0 saturated heterocycles. The van der Waals surface area contributed by atoms with Crippen molar-refractivity contribution in [3.05, 3.63) is 59.7 Å². The molecule has 31 heavy (non-hydrogen) atoms. The van der Waals surface area contributed by atoms with E-state index in [4.69, 9.17) is 9.47 Å².